The third kappa shape index (κ3) is 6.39. The van der Waals surface area contributed by atoms with Gasteiger partial charge in [-0.3, -0.25) is 14.2 Å². The number of hydrogen-bond acceptors (Lipinski definition) is 5. The smallest absolute Gasteiger partial charge is 0.408 e. The quantitative estimate of drug-likeness (QED) is 0.205. The van der Waals surface area contributed by atoms with Crippen molar-refractivity contribution in [2.45, 2.75) is 95.3 Å². The third-order valence-corrected chi connectivity index (χ3v) is 11.2. The number of likely N-dealkylation sites (tertiary alicyclic amines) is 1. The summed E-state index contributed by atoms with van der Waals surface area (Å²) < 4.78 is 61.6. The Balaban J connectivity index is 1.51. The first-order valence-electron chi connectivity index (χ1n) is 14.3. The van der Waals surface area contributed by atoms with Gasteiger partial charge in [-0.15, -0.1) is 6.58 Å². The molecule has 1 heterocycles. The molecule has 1 aliphatic heterocycles. The number of benzene rings is 1. The van der Waals surface area contributed by atoms with Crippen molar-refractivity contribution in [3.63, 3.8) is 0 Å². The monoisotopic (exact) mass is 613 g/mol. The SMILES string of the molecule is C=C[C@@H]1C[C@]1(NC(=O)[C@@H]1CCCN1C(=O)C(NC(=O)OC1CCCC1)C(C)(C)C)P(=O)(O)Cc1c(F)ccc(F)c1F. The van der Waals surface area contributed by atoms with Crippen molar-refractivity contribution in [3.8, 4) is 0 Å². The summed E-state index contributed by atoms with van der Waals surface area (Å²) in [6.45, 7) is 9.19. The van der Waals surface area contributed by atoms with Gasteiger partial charge in [0, 0.05) is 18.0 Å². The predicted molar refractivity (Wildman–Crippen MR) is 149 cm³/mol. The molecule has 232 valence electrons. The highest BCUT2D eigenvalue weighted by molar-refractivity contribution is 7.59. The number of halogens is 3. The van der Waals surface area contributed by atoms with Gasteiger partial charge in [0.1, 0.15) is 29.3 Å². The van der Waals surface area contributed by atoms with E-state index in [-0.39, 0.29) is 25.5 Å². The number of carbonyl (C=O) groups excluding carboxylic acids is 3. The summed E-state index contributed by atoms with van der Waals surface area (Å²) >= 11 is 0. The maximum atomic E-state index is 14.4. The first-order valence-corrected chi connectivity index (χ1v) is 16.1. The van der Waals surface area contributed by atoms with Crippen molar-refractivity contribution < 1.29 is 41.8 Å². The van der Waals surface area contributed by atoms with E-state index in [1.807, 2.05) is 0 Å². The summed E-state index contributed by atoms with van der Waals surface area (Å²) in [5.74, 6) is -6.00. The van der Waals surface area contributed by atoms with E-state index in [0.29, 0.717) is 18.6 Å². The highest BCUT2D eigenvalue weighted by atomic mass is 31.2. The molecule has 3 fully saturated rings. The van der Waals surface area contributed by atoms with Crippen molar-refractivity contribution in [2.75, 3.05) is 6.54 Å². The van der Waals surface area contributed by atoms with E-state index in [9.17, 15) is 37.0 Å². The Labute approximate surface area is 243 Å². The lowest BCUT2D eigenvalue weighted by molar-refractivity contribution is -0.142. The zero-order valence-corrected chi connectivity index (χ0v) is 25.0. The number of hydrogen-bond donors (Lipinski definition) is 3. The maximum absolute atomic E-state index is 14.4. The van der Waals surface area contributed by atoms with Gasteiger partial charge in [0.15, 0.2) is 11.6 Å². The lowest BCUT2D eigenvalue weighted by Crippen LogP contribution is -2.58. The van der Waals surface area contributed by atoms with E-state index in [0.717, 1.165) is 25.7 Å². The van der Waals surface area contributed by atoms with Gasteiger partial charge in [0.05, 0.1) is 6.16 Å². The zero-order chi connectivity index (χ0) is 31.0. The molecular formula is C29H39F3N3O6P. The number of nitrogens with one attached hydrogen (secondary N) is 2. The molecule has 2 unspecified atom stereocenters. The van der Waals surface area contributed by atoms with Gasteiger partial charge >= 0.3 is 6.09 Å². The van der Waals surface area contributed by atoms with Gasteiger partial charge in [0.2, 0.25) is 19.2 Å². The molecule has 1 saturated heterocycles. The van der Waals surface area contributed by atoms with Gasteiger partial charge in [-0.25, -0.2) is 18.0 Å². The average molecular weight is 614 g/mol. The Morgan fingerprint density at radius 2 is 1.81 bits per heavy atom. The van der Waals surface area contributed by atoms with Crippen molar-refractivity contribution in [3.05, 3.63) is 47.8 Å². The molecule has 0 bridgehead atoms. The van der Waals surface area contributed by atoms with Crippen LogP contribution >= 0.6 is 7.37 Å². The van der Waals surface area contributed by atoms with Gasteiger partial charge < -0.3 is 25.2 Å². The average Bonchev–Trinajstić information content (AvgIpc) is 3.24. The van der Waals surface area contributed by atoms with Crippen LogP contribution in [0.2, 0.25) is 0 Å². The van der Waals surface area contributed by atoms with Gasteiger partial charge in [-0.1, -0.05) is 26.8 Å². The molecule has 42 heavy (non-hydrogen) atoms. The minimum atomic E-state index is -4.60. The summed E-state index contributed by atoms with van der Waals surface area (Å²) in [6.07, 6.45) is 3.58. The number of amides is 3. The van der Waals surface area contributed by atoms with Crippen LogP contribution in [-0.2, 0) is 25.1 Å². The van der Waals surface area contributed by atoms with Crippen LogP contribution in [-0.4, -0.2) is 57.7 Å². The topological polar surface area (TPSA) is 125 Å². The number of nitrogens with zero attached hydrogens (tertiary/aromatic N) is 1. The van der Waals surface area contributed by atoms with Crippen LogP contribution in [0.4, 0.5) is 18.0 Å². The molecular weight excluding hydrogens is 574 g/mol. The van der Waals surface area contributed by atoms with Gasteiger partial charge in [-0.2, -0.15) is 0 Å². The van der Waals surface area contributed by atoms with Crippen LogP contribution in [0.1, 0.15) is 71.3 Å². The Morgan fingerprint density at radius 1 is 1.17 bits per heavy atom. The first-order chi connectivity index (χ1) is 19.6. The maximum Gasteiger partial charge on any atom is 0.408 e. The minimum Gasteiger partial charge on any atom is -0.446 e. The summed E-state index contributed by atoms with van der Waals surface area (Å²) in [6, 6.07) is -0.779. The molecule has 1 aromatic rings. The number of carbonyl (C=O) groups is 3. The molecule has 13 heteroatoms. The number of rotatable bonds is 9. The van der Waals surface area contributed by atoms with Crippen LogP contribution in [0.5, 0.6) is 0 Å². The fourth-order valence-electron chi connectivity index (χ4n) is 5.98. The predicted octanol–water partition coefficient (Wildman–Crippen LogP) is 4.97. The van der Waals surface area contributed by atoms with Gasteiger partial charge in [0.25, 0.3) is 0 Å². The molecule has 1 aromatic carbocycles. The largest absolute Gasteiger partial charge is 0.446 e. The molecule has 0 spiro atoms. The summed E-state index contributed by atoms with van der Waals surface area (Å²) in [7, 11) is -4.60. The highest BCUT2D eigenvalue weighted by Gasteiger charge is 2.66. The fraction of sp³-hybridized carbons (Fsp3) is 0.621. The second-order valence-electron chi connectivity index (χ2n) is 12.6. The van der Waals surface area contributed by atoms with Crippen LogP contribution < -0.4 is 10.6 Å². The highest BCUT2D eigenvalue weighted by Crippen LogP contribution is 2.71. The molecule has 0 aromatic heterocycles. The van der Waals surface area contributed by atoms with E-state index in [2.05, 4.69) is 17.2 Å². The first kappa shape index (κ1) is 32.1. The Bertz CT molecular complexity index is 1300. The van der Waals surface area contributed by atoms with Crippen molar-refractivity contribution >= 4 is 25.3 Å². The van der Waals surface area contributed by atoms with Crippen molar-refractivity contribution in [1.82, 2.24) is 15.5 Å². The molecule has 4 rings (SSSR count). The second-order valence-corrected chi connectivity index (χ2v) is 15.1. The van der Waals surface area contributed by atoms with Crippen LogP contribution in [0.15, 0.2) is 24.8 Å². The van der Waals surface area contributed by atoms with E-state index < -0.39 is 83.2 Å². The van der Waals surface area contributed by atoms with Crippen LogP contribution in [0.3, 0.4) is 0 Å². The number of alkyl carbamates (subject to hydrolysis) is 1. The molecule has 3 aliphatic rings. The lowest BCUT2D eigenvalue weighted by Gasteiger charge is -2.36. The van der Waals surface area contributed by atoms with Crippen LogP contribution in [0.25, 0.3) is 0 Å². The van der Waals surface area contributed by atoms with E-state index in [1.165, 1.54) is 11.0 Å². The summed E-state index contributed by atoms with van der Waals surface area (Å²) in [5.41, 5.74) is -1.62. The Morgan fingerprint density at radius 3 is 2.40 bits per heavy atom. The minimum absolute atomic E-state index is 0.0194. The zero-order valence-electron chi connectivity index (χ0n) is 24.1. The van der Waals surface area contributed by atoms with Crippen LogP contribution in [0, 0.1) is 28.8 Å². The third-order valence-electron chi connectivity index (χ3n) is 8.53. The van der Waals surface area contributed by atoms with Crippen molar-refractivity contribution in [2.24, 2.45) is 11.3 Å². The molecule has 3 N–H and O–H groups in total. The molecule has 3 amide bonds. The molecule has 5 atom stereocenters. The Kier molecular flexibility index (Phi) is 9.19. The van der Waals surface area contributed by atoms with E-state index >= 15 is 0 Å². The van der Waals surface area contributed by atoms with E-state index in [1.54, 1.807) is 20.8 Å². The van der Waals surface area contributed by atoms with E-state index in [4.69, 9.17) is 4.74 Å². The molecule has 2 saturated carbocycles. The molecule has 0 radical (unpaired) electrons. The molecule has 9 nitrogen and oxygen atoms in total. The number of ether oxygens (including phenoxy) is 1. The second kappa shape index (κ2) is 12.0. The normalized spacial score (nSPS) is 26.3. The summed E-state index contributed by atoms with van der Waals surface area (Å²) in [5, 5.41) is 3.51. The fourth-order valence-corrected chi connectivity index (χ4v) is 8.37. The summed E-state index contributed by atoms with van der Waals surface area (Å²) in [4.78, 5) is 52.4. The Hall–Kier alpha value is -2.85. The van der Waals surface area contributed by atoms with Crippen molar-refractivity contribution in [1.29, 1.82) is 0 Å². The molecule has 2 aliphatic carbocycles. The van der Waals surface area contributed by atoms with Gasteiger partial charge in [-0.05, 0) is 62.5 Å². The standard InChI is InChI=1S/C29H39F3N3O6P/c1-5-17-15-29(17,42(39,40)16-19-20(30)12-13-21(31)23(19)32)34-25(36)22-11-8-14-35(22)26(37)24(28(2,3)4)33-27(38)41-18-9-6-7-10-18/h5,12-13,17-18,22,24H,1,6-11,14-16H2,2-4H3,(H,33,38)(H,34,36)(H,39,40)/t17-,22+,24?,29+/m1/s1. The lowest BCUT2D eigenvalue weighted by atomic mass is 9.85.